The molecule has 26 heavy (non-hydrogen) atoms. The monoisotopic (exact) mass is 356 g/mol. The Kier molecular flexibility index (Phi) is 5.09. The molecule has 0 radical (unpaired) electrons. The van der Waals surface area contributed by atoms with Gasteiger partial charge in [0.15, 0.2) is 5.82 Å². The summed E-state index contributed by atoms with van der Waals surface area (Å²) in [6.07, 6.45) is 1.74. The number of benzene rings is 1. The lowest BCUT2D eigenvalue weighted by Crippen LogP contribution is -2.49. The zero-order valence-electron chi connectivity index (χ0n) is 15.9. The lowest BCUT2D eigenvalue weighted by molar-refractivity contribution is -0.133. The fraction of sp³-hybridized carbons (Fsp3) is 0.579. The number of nitrogens with zero attached hydrogens (tertiary/aromatic N) is 5. The number of hydrogen-bond acceptors (Lipinski definition) is 5. The Hall–Kier alpha value is -2.28. The molecule has 0 bridgehead atoms. The van der Waals surface area contributed by atoms with Gasteiger partial charge in [0, 0.05) is 30.5 Å². The minimum absolute atomic E-state index is 0.0292. The van der Waals surface area contributed by atoms with Gasteiger partial charge in [0.2, 0.25) is 5.91 Å². The molecule has 2 aromatic rings. The van der Waals surface area contributed by atoms with Gasteiger partial charge in [-0.3, -0.25) is 4.79 Å². The van der Waals surface area contributed by atoms with Crippen LogP contribution < -0.4 is 5.73 Å². The van der Waals surface area contributed by atoms with E-state index in [2.05, 4.69) is 27.5 Å². The smallest absolute Gasteiger partial charge is 0.246 e. The summed E-state index contributed by atoms with van der Waals surface area (Å²) in [6, 6.07) is 10.4. The van der Waals surface area contributed by atoms with Gasteiger partial charge >= 0.3 is 0 Å². The summed E-state index contributed by atoms with van der Waals surface area (Å²) >= 11 is 0. The summed E-state index contributed by atoms with van der Waals surface area (Å²) < 4.78 is 0. The van der Waals surface area contributed by atoms with Gasteiger partial charge in [-0.25, -0.2) is 0 Å². The van der Waals surface area contributed by atoms with Gasteiger partial charge in [-0.2, -0.15) is 4.80 Å². The van der Waals surface area contributed by atoms with E-state index in [1.165, 1.54) is 10.4 Å². The summed E-state index contributed by atoms with van der Waals surface area (Å²) in [5.74, 6) is 0.678. The Morgan fingerprint density at radius 1 is 1.19 bits per heavy atom. The Morgan fingerprint density at radius 2 is 1.85 bits per heavy atom. The van der Waals surface area contributed by atoms with Crippen LogP contribution in [0.3, 0.4) is 0 Å². The van der Waals surface area contributed by atoms with Gasteiger partial charge in [-0.15, -0.1) is 10.2 Å². The molecule has 0 unspecified atom stereocenters. The van der Waals surface area contributed by atoms with Gasteiger partial charge in [0.1, 0.15) is 6.54 Å². The van der Waals surface area contributed by atoms with Crippen molar-refractivity contribution in [2.75, 3.05) is 19.6 Å². The fourth-order valence-electron chi connectivity index (χ4n) is 3.42. The average Bonchev–Trinajstić information content (AvgIpc) is 3.11. The fourth-order valence-corrected chi connectivity index (χ4v) is 3.42. The lowest BCUT2D eigenvalue weighted by atomic mass is 9.73. The van der Waals surface area contributed by atoms with Crippen LogP contribution in [-0.4, -0.2) is 50.6 Å². The summed E-state index contributed by atoms with van der Waals surface area (Å²) in [5.41, 5.74) is 7.17. The number of amides is 1. The van der Waals surface area contributed by atoms with Crippen LogP contribution in [-0.2, 0) is 22.2 Å². The van der Waals surface area contributed by atoms with Crippen molar-refractivity contribution in [3.05, 3.63) is 41.7 Å². The minimum atomic E-state index is -0.178. The predicted molar refractivity (Wildman–Crippen MR) is 99.5 cm³/mol. The third-order valence-electron chi connectivity index (χ3n) is 5.25. The van der Waals surface area contributed by atoms with Gasteiger partial charge in [0.05, 0.1) is 0 Å². The van der Waals surface area contributed by atoms with Crippen molar-refractivity contribution in [3.63, 3.8) is 0 Å². The quantitative estimate of drug-likeness (QED) is 0.896. The predicted octanol–water partition coefficient (Wildman–Crippen LogP) is 1.49. The van der Waals surface area contributed by atoms with Crippen molar-refractivity contribution in [1.29, 1.82) is 0 Å². The first-order valence-corrected chi connectivity index (χ1v) is 9.16. The van der Waals surface area contributed by atoms with E-state index in [0.29, 0.717) is 25.5 Å². The van der Waals surface area contributed by atoms with Crippen molar-refractivity contribution in [2.24, 2.45) is 5.73 Å². The molecule has 0 saturated carbocycles. The highest BCUT2D eigenvalue weighted by molar-refractivity contribution is 5.75. The van der Waals surface area contributed by atoms with Crippen molar-refractivity contribution in [2.45, 2.75) is 51.0 Å². The number of hydrogen-bond donors (Lipinski definition) is 1. The van der Waals surface area contributed by atoms with E-state index in [0.717, 1.165) is 12.8 Å². The number of aromatic nitrogens is 4. The van der Waals surface area contributed by atoms with Gasteiger partial charge in [-0.1, -0.05) is 51.1 Å². The molecule has 7 heteroatoms. The lowest BCUT2D eigenvalue weighted by Gasteiger charge is -2.41. The molecule has 140 valence electrons. The van der Waals surface area contributed by atoms with E-state index in [9.17, 15) is 4.79 Å². The normalized spacial score (nSPS) is 17.3. The molecule has 2 heterocycles. The highest BCUT2D eigenvalue weighted by Crippen LogP contribution is 2.34. The maximum atomic E-state index is 12.6. The first kappa shape index (κ1) is 18.5. The van der Waals surface area contributed by atoms with Crippen molar-refractivity contribution < 1.29 is 4.79 Å². The maximum absolute atomic E-state index is 12.6. The Balaban J connectivity index is 1.62. The molecule has 7 nitrogen and oxygen atoms in total. The molecule has 1 amide bonds. The molecular formula is C19H28N6O. The molecule has 2 N–H and O–H groups in total. The average molecular weight is 356 g/mol. The number of piperidine rings is 1. The topological polar surface area (TPSA) is 89.9 Å². The minimum Gasteiger partial charge on any atom is -0.341 e. The first-order chi connectivity index (χ1) is 12.3. The largest absolute Gasteiger partial charge is 0.341 e. The summed E-state index contributed by atoms with van der Waals surface area (Å²) in [4.78, 5) is 15.9. The number of carbonyl (C=O) groups is 1. The molecule has 0 spiro atoms. The summed E-state index contributed by atoms with van der Waals surface area (Å²) in [5, 5.41) is 12.4. The second kappa shape index (κ2) is 7.15. The number of rotatable bonds is 4. The van der Waals surface area contributed by atoms with E-state index < -0.39 is 0 Å². The molecule has 1 saturated heterocycles. The van der Waals surface area contributed by atoms with Crippen molar-refractivity contribution in [1.82, 2.24) is 25.1 Å². The van der Waals surface area contributed by atoms with Gasteiger partial charge in [-0.05, 0) is 23.6 Å². The van der Waals surface area contributed by atoms with Crippen molar-refractivity contribution >= 4 is 5.91 Å². The number of nitrogens with two attached hydrogens (primary N) is 1. The van der Waals surface area contributed by atoms with Crippen LogP contribution in [0.25, 0.3) is 0 Å². The van der Waals surface area contributed by atoms with Crippen LogP contribution in [0.5, 0.6) is 0 Å². The standard InChI is InChI=1S/C19H28N6O/c1-18(2,3)17-21-23-25(22-17)13-16(26)24-11-9-19(14-20,10-12-24)15-7-5-4-6-8-15/h4-8H,9-14,20H2,1-3H3. The van der Waals surface area contributed by atoms with Gasteiger partial charge in [0.25, 0.3) is 0 Å². The third-order valence-corrected chi connectivity index (χ3v) is 5.25. The van der Waals surface area contributed by atoms with Crippen molar-refractivity contribution in [3.8, 4) is 0 Å². The van der Waals surface area contributed by atoms with E-state index in [1.54, 1.807) is 0 Å². The summed E-state index contributed by atoms with van der Waals surface area (Å²) in [7, 11) is 0. The molecular weight excluding hydrogens is 328 g/mol. The van der Waals surface area contributed by atoms with Crippen LogP contribution in [0.4, 0.5) is 0 Å². The molecule has 1 aromatic carbocycles. The zero-order valence-corrected chi connectivity index (χ0v) is 15.9. The maximum Gasteiger partial charge on any atom is 0.246 e. The van der Waals surface area contributed by atoms with E-state index >= 15 is 0 Å². The Labute approximate surface area is 154 Å². The number of tetrazole rings is 1. The molecule has 3 rings (SSSR count). The van der Waals surface area contributed by atoms with E-state index in [-0.39, 0.29) is 23.3 Å². The van der Waals surface area contributed by atoms with Crippen LogP contribution in [0.15, 0.2) is 30.3 Å². The van der Waals surface area contributed by atoms with Crippen LogP contribution in [0.2, 0.25) is 0 Å². The SMILES string of the molecule is CC(C)(C)c1nnn(CC(=O)N2CCC(CN)(c3ccccc3)CC2)n1. The number of likely N-dealkylation sites (tertiary alicyclic amines) is 1. The molecule has 0 aliphatic carbocycles. The van der Waals surface area contributed by atoms with E-state index in [4.69, 9.17) is 5.73 Å². The molecule has 1 aliphatic rings. The zero-order chi connectivity index (χ0) is 18.8. The van der Waals surface area contributed by atoms with Gasteiger partial charge < -0.3 is 10.6 Å². The van der Waals surface area contributed by atoms with Crippen LogP contribution >= 0.6 is 0 Å². The van der Waals surface area contributed by atoms with Crippen LogP contribution in [0.1, 0.15) is 45.0 Å². The second-order valence-corrected chi connectivity index (χ2v) is 8.12. The second-order valence-electron chi connectivity index (χ2n) is 8.12. The molecule has 0 atom stereocenters. The Bertz CT molecular complexity index is 741. The molecule has 1 aromatic heterocycles. The molecule has 1 fully saturated rings. The summed E-state index contributed by atoms with van der Waals surface area (Å²) in [6.45, 7) is 8.20. The first-order valence-electron chi connectivity index (χ1n) is 9.16. The third kappa shape index (κ3) is 3.77. The highest BCUT2D eigenvalue weighted by Gasteiger charge is 2.36. The van der Waals surface area contributed by atoms with E-state index in [1.807, 2.05) is 43.9 Å². The molecule has 1 aliphatic heterocycles. The Morgan fingerprint density at radius 3 is 2.38 bits per heavy atom. The highest BCUT2D eigenvalue weighted by atomic mass is 16.2. The van der Waals surface area contributed by atoms with Crippen LogP contribution in [0, 0.1) is 0 Å². The number of carbonyl (C=O) groups excluding carboxylic acids is 1.